The molecule has 0 unspecified atom stereocenters. The van der Waals surface area contributed by atoms with Crippen molar-refractivity contribution >= 4 is 26.7 Å². The molecule has 0 aliphatic carbocycles. The number of carbonyl (C=O) groups excluding carboxylic acids is 1. The summed E-state index contributed by atoms with van der Waals surface area (Å²) >= 11 is 0. The van der Waals surface area contributed by atoms with Crippen LogP contribution >= 0.6 is 0 Å². The Kier molecular flexibility index (Phi) is 7.77. The van der Waals surface area contributed by atoms with Gasteiger partial charge in [-0.1, -0.05) is 43.7 Å². The average molecular weight is 487 g/mol. The summed E-state index contributed by atoms with van der Waals surface area (Å²) in [6, 6.07) is 7.58. The number of rotatable bonds is 6. The molecule has 8 heteroatoms. The second-order valence-corrected chi connectivity index (χ2v) is 11.5. The molecule has 0 saturated carbocycles. The number of amidine groups is 1. The fourth-order valence-corrected chi connectivity index (χ4v) is 6.71. The second-order valence-electron chi connectivity index (χ2n) is 9.99. The molecule has 1 amide bonds. The van der Waals surface area contributed by atoms with Crippen molar-refractivity contribution in [3.05, 3.63) is 41.0 Å². The highest BCUT2D eigenvalue weighted by molar-refractivity contribution is 8.00. The smallest absolute Gasteiger partial charge is 0.285 e. The van der Waals surface area contributed by atoms with E-state index in [1.807, 2.05) is 38.1 Å². The first-order valence-electron chi connectivity index (χ1n) is 12.7. The first kappa shape index (κ1) is 24.9. The summed E-state index contributed by atoms with van der Waals surface area (Å²) in [5.41, 5.74) is 2.56. The maximum atomic E-state index is 13.0. The minimum atomic E-state index is -3.73. The zero-order valence-electron chi connectivity index (χ0n) is 20.7. The van der Waals surface area contributed by atoms with Crippen LogP contribution in [0.1, 0.15) is 57.1 Å². The summed E-state index contributed by atoms with van der Waals surface area (Å²) in [4.78, 5) is 17.5. The lowest BCUT2D eigenvalue weighted by molar-refractivity contribution is -0.126. The third kappa shape index (κ3) is 5.54. The topological polar surface area (TPSA) is 82.1 Å². The number of amides is 1. The summed E-state index contributed by atoms with van der Waals surface area (Å²) in [6.07, 6.45) is 4.50. The predicted octanol–water partition coefficient (Wildman–Crippen LogP) is 3.42. The van der Waals surface area contributed by atoms with Gasteiger partial charge in [0.2, 0.25) is 5.91 Å². The Morgan fingerprint density at radius 3 is 2.32 bits per heavy atom. The number of hydrogen-bond acceptors (Lipinski definition) is 5. The highest BCUT2D eigenvalue weighted by Gasteiger charge is 2.36. The van der Waals surface area contributed by atoms with E-state index in [1.165, 1.54) is 12.8 Å². The van der Waals surface area contributed by atoms with E-state index < -0.39 is 10.0 Å². The molecule has 4 rings (SSSR count). The van der Waals surface area contributed by atoms with Crippen LogP contribution in [0.3, 0.4) is 0 Å². The zero-order chi connectivity index (χ0) is 24.3. The number of aryl methyl sites for hydroxylation is 1. The van der Waals surface area contributed by atoms with Gasteiger partial charge < -0.3 is 15.1 Å². The number of carbonyl (C=O) groups is 1. The lowest BCUT2D eigenvalue weighted by atomic mass is 9.94. The molecule has 7 nitrogen and oxygen atoms in total. The van der Waals surface area contributed by atoms with Crippen LogP contribution in [0.25, 0.3) is 4.91 Å². The average Bonchev–Trinajstić information content (AvgIpc) is 3.11. The van der Waals surface area contributed by atoms with E-state index in [4.69, 9.17) is 0 Å². The summed E-state index contributed by atoms with van der Waals surface area (Å²) < 4.78 is 30.1. The van der Waals surface area contributed by atoms with E-state index >= 15 is 0 Å². The molecule has 2 fully saturated rings. The molecule has 3 aliphatic rings. The van der Waals surface area contributed by atoms with Gasteiger partial charge in [-0.3, -0.25) is 4.79 Å². The maximum Gasteiger partial charge on any atom is 0.285 e. The monoisotopic (exact) mass is 486 g/mol. The van der Waals surface area contributed by atoms with E-state index in [2.05, 4.69) is 26.4 Å². The largest absolute Gasteiger partial charge is 0.356 e. The van der Waals surface area contributed by atoms with Crippen LogP contribution < -0.4 is 5.32 Å². The quantitative estimate of drug-likeness (QED) is 0.666. The number of likely N-dealkylation sites (tertiary alicyclic amines) is 2. The normalized spacial score (nSPS) is 22.2. The van der Waals surface area contributed by atoms with Crippen molar-refractivity contribution in [2.24, 2.45) is 16.2 Å². The Morgan fingerprint density at radius 1 is 1.06 bits per heavy atom. The van der Waals surface area contributed by atoms with Gasteiger partial charge in [-0.2, -0.15) is 8.42 Å². The molecule has 3 heterocycles. The Balaban J connectivity index is 1.34. The van der Waals surface area contributed by atoms with E-state index in [1.54, 1.807) is 0 Å². The number of hydrogen-bond donors (Lipinski definition) is 1. The summed E-state index contributed by atoms with van der Waals surface area (Å²) in [7, 11) is -3.73. The van der Waals surface area contributed by atoms with Gasteiger partial charge in [-0.15, -0.1) is 4.40 Å². The highest BCUT2D eigenvalue weighted by atomic mass is 32.2. The van der Waals surface area contributed by atoms with Gasteiger partial charge >= 0.3 is 0 Å². The molecule has 1 aromatic carbocycles. The Bertz CT molecular complexity index is 1050. The summed E-state index contributed by atoms with van der Waals surface area (Å²) in [6.45, 7) is 11.4. The minimum Gasteiger partial charge on any atom is -0.356 e. The number of nitrogens with zero attached hydrogens (tertiary/aromatic N) is 3. The molecule has 0 radical (unpaired) electrons. The standard InChI is InChI=1S/C26H38N4O3S/c1-4-23-24(21-7-5-19(2)6-8-21)34(32,33)28-25(23)30-16-11-22(12-17-30)26(31)27-13-18-29-14-9-20(3)10-15-29/h5-8,20,22H,4,9-18H2,1-3H3,(H,27,31). The molecule has 0 spiro atoms. The van der Waals surface area contributed by atoms with Gasteiger partial charge in [-0.05, 0) is 63.6 Å². The van der Waals surface area contributed by atoms with Crippen LogP contribution in [0, 0.1) is 18.8 Å². The summed E-state index contributed by atoms with van der Waals surface area (Å²) in [5, 5.41) is 3.13. The summed E-state index contributed by atoms with van der Waals surface area (Å²) in [5.74, 6) is 1.47. The van der Waals surface area contributed by atoms with E-state index in [0.29, 0.717) is 55.2 Å². The first-order chi connectivity index (χ1) is 16.3. The molecule has 0 aromatic heterocycles. The number of sulfonamides is 1. The van der Waals surface area contributed by atoms with Gasteiger partial charge in [0.25, 0.3) is 10.0 Å². The predicted molar refractivity (Wildman–Crippen MR) is 137 cm³/mol. The van der Waals surface area contributed by atoms with Crippen LogP contribution in [0.2, 0.25) is 0 Å². The molecule has 1 aromatic rings. The van der Waals surface area contributed by atoms with E-state index in [-0.39, 0.29) is 11.8 Å². The zero-order valence-corrected chi connectivity index (χ0v) is 21.5. The Morgan fingerprint density at radius 2 is 1.71 bits per heavy atom. The maximum absolute atomic E-state index is 13.0. The van der Waals surface area contributed by atoms with Crippen molar-refractivity contribution in [2.45, 2.75) is 52.9 Å². The van der Waals surface area contributed by atoms with Gasteiger partial charge in [0.15, 0.2) is 0 Å². The molecule has 3 aliphatic heterocycles. The molecule has 186 valence electrons. The van der Waals surface area contributed by atoms with Crippen LogP contribution in [0.4, 0.5) is 0 Å². The van der Waals surface area contributed by atoms with Crippen LogP contribution in [-0.4, -0.2) is 69.2 Å². The molecular weight excluding hydrogens is 448 g/mol. The fraction of sp³-hybridized carbons (Fsp3) is 0.615. The molecule has 0 atom stereocenters. The van der Waals surface area contributed by atoms with Gasteiger partial charge in [0, 0.05) is 37.7 Å². The van der Waals surface area contributed by atoms with Crippen molar-refractivity contribution in [1.82, 2.24) is 15.1 Å². The van der Waals surface area contributed by atoms with Crippen molar-refractivity contribution in [3.63, 3.8) is 0 Å². The van der Waals surface area contributed by atoms with Crippen molar-refractivity contribution in [2.75, 3.05) is 39.3 Å². The van der Waals surface area contributed by atoms with E-state index in [9.17, 15) is 13.2 Å². The van der Waals surface area contributed by atoms with Gasteiger partial charge in [0.1, 0.15) is 10.7 Å². The lowest BCUT2D eigenvalue weighted by Gasteiger charge is -2.33. The molecular formula is C26H38N4O3S. The van der Waals surface area contributed by atoms with Crippen LogP contribution in [0.5, 0.6) is 0 Å². The highest BCUT2D eigenvalue weighted by Crippen LogP contribution is 2.36. The number of benzene rings is 1. The first-order valence-corrected chi connectivity index (χ1v) is 14.1. The van der Waals surface area contributed by atoms with Crippen molar-refractivity contribution in [1.29, 1.82) is 0 Å². The van der Waals surface area contributed by atoms with Gasteiger partial charge in [-0.25, -0.2) is 0 Å². The van der Waals surface area contributed by atoms with Crippen LogP contribution in [-0.2, 0) is 14.8 Å². The Labute approximate surface area is 204 Å². The fourth-order valence-electron chi connectivity index (χ4n) is 5.19. The molecule has 2 saturated heterocycles. The molecule has 34 heavy (non-hydrogen) atoms. The van der Waals surface area contributed by atoms with Crippen LogP contribution in [0.15, 0.2) is 34.2 Å². The van der Waals surface area contributed by atoms with E-state index in [0.717, 1.165) is 36.7 Å². The number of piperidine rings is 2. The SMILES string of the molecule is CCC1=C(c2ccc(C)cc2)S(=O)(=O)N=C1N1CCC(C(=O)NCCN2CCC(C)CC2)CC1. The van der Waals surface area contributed by atoms with Crippen molar-refractivity contribution in [3.8, 4) is 0 Å². The lowest BCUT2D eigenvalue weighted by Crippen LogP contribution is -2.45. The Hall–Kier alpha value is -2.19. The molecule has 1 N–H and O–H groups in total. The number of nitrogens with one attached hydrogen (secondary N) is 1. The second kappa shape index (κ2) is 10.6. The third-order valence-electron chi connectivity index (χ3n) is 7.44. The van der Waals surface area contributed by atoms with Crippen molar-refractivity contribution < 1.29 is 13.2 Å². The van der Waals surface area contributed by atoms with Gasteiger partial charge in [0.05, 0.1) is 0 Å². The third-order valence-corrected chi connectivity index (χ3v) is 8.86. The minimum absolute atomic E-state index is 0.0261. The molecule has 0 bridgehead atoms.